The highest BCUT2D eigenvalue weighted by molar-refractivity contribution is 4.77. The Hall–Kier alpha value is -0.0800. The standard InChI is InChI=1S/C6H14N2/c1-5-3-8-4-6(5)2-7/h5-6,8H,2-4,7H2,1H3. The lowest BCUT2D eigenvalue weighted by molar-refractivity contribution is 0.463. The van der Waals surface area contributed by atoms with E-state index in [1.54, 1.807) is 0 Å². The van der Waals surface area contributed by atoms with Crippen LogP contribution in [0.25, 0.3) is 0 Å². The lowest BCUT2D eigenvalue weighted by Crippen LogP contribution is -2.20. The fraction of sp³-hybridized carbons (Fsp3) is 1.00. The van der Waals surface area contributed by atoms with Crippen LogP contribution in [0, 0.1) is 11.8 Å². The molecule has 1 aliphatic rings. The maximum Gasteiger partial charge on any atom is -0.000531 e. The molecule has 2 atom stereocenters. The molecule has 1 heterocycles. The van der Waals surface area contributed by atoms with E-state index in [0.29, 0.717) is 0 Å². The van der Waals surface area contributed by atoms with Crippen molar-refractivity contribution in [2.75, 3.05) is 19.6 Å². The second-order valence-corrected chi connectivity index (χ2v) is 2.63. The van der Waals surface area contributed by atoms with Gasteiger partial charge in [0.2, 0.25) is 0 Å². The molecular weight excluding hydrogens is 100 g/mol. The third kappa shape index (κ3) is 1.01. The normalized spacial score (nSPS) is 38.2. The van der Waals surface area contributed by atoms with Crippen molar-refractivity contribution in [3.8, 4) is 0 Å². The topological polar surface area (TPSA) is 38.0 Å². The molecule has 8 heavy (non-hydrogen) atoms. The summed E-state index contributed by atoms with van der Waals surface area (Å²) in [6.07, 6.45) is 0. The second kappa shape index (κ2) is 2.46. The quantitative estimate of drug-likeness (QED) is 0.495. The number of nitrogens with two attached hydrogens (primary N) is 1. The Morgan fingerprint density at radius 3 is 2.62 bits per heavy atom. The van der Waals surface area contributed by atoms with Gasteiger partial charge in [0.15, 0.2) is 0 Å². The van der Waals surface area contributed by atoms with Gasteiger partial charge in [-0.1, -0.05) is 6.92 Å². The van der Waals surface area contributed by atoms with Crippen LogP contribution in [0.2, 0.25) is 0 Å². The molecule has 0 bridgehead atoms. The van der Waals surface area contributed by atoms with Gasteiger partial charge in [0.1, 0.15) is 0 Å². The molecule has 48 valence electrons. The summed E-state index contributed by atoms with van der Waals surface area (Å²) in [6, 6.07) is 0. The summed E-state index contributed by atoms with van der Waals surface area (Å²) < 4.78 is 0. The zero-order valence-corrected chi connectivity index (χ0v) is 5.35. The first-order valence-electron chi connectivity index (χ1n) is 3.25. The van der Waals surface area contributed by atoms with E-state index in [1.165, 1.54) is 0 Å². The number of rotatable bonds is 1. The van der Waals surface area contributed by atoms with Crippen molar-refractivity contribution in [1.82, 2.24) is 5.32 Å². The van der Waals surface area contributed by atoms with Gasteiger partial charge in [-0.25, -0.2) is 0 Å². The summed E-state index contributed by atoms with van der Waals surface area (Å²) in [7, 11) is 0. The van der Waals surface area contributed by atoms with Gasteiger partial charge in [-0.3, -0.25) is 0 Å². The molecule has 1 rings (SSSR count). The summed E-state index contributed by atoms with van der Waals surface area (Å²) in [4.78, 5) is 0. The molecule has 1 fully saturated rings. The van der Waals surface area contributed by atoms with E-state index in [-0.39, 0.29) is 0 Å². The zero-order chi connectivity index (χ0) is 5.98. The van der Waals surface area contributed by atoms with Crippen molar-refractivity contribution in [1.29, 1.82) is 0 Å². The van der Waals surface area contributed by atoms with Crippen molar-refractivity contribution in [3.05, 3.63) is 0 Å². The molecular formula is C6H14N2. The van der Waals surface area contributed by atoms with Crippen LogP contribution in [-0.4, -0.2) is 19.6 Å². The SMILES string of the molecule is CC1CNCC1CN. The third-order valence-electron chi connectivity index (χ3n) is 1.98. The molecule has 2 nitrogen and oxygen atoms in total. The Labute approximate surface area is 50.4 Å². The molecule has 1 saturated heterocycles. The fourth-order valence-corrected chi connectivity index (χ4v) is 1.18. The summed E-state index contributed by atoms with van der Waals surface area (Å²) in [5.41, 5.74) is 5.48. The molecule has 0 saturated carbocycles. The summed E-state index contributed by atoms with van der Waals surface area (Å²) in [5, 5.41) is 3.29. The molecule has 0 aromatic rings. The fourth-order valence-electron chi connectivity index (χ4n) is 1.18. The second-order valence-electron chi connectivity index (χ2n) is 2.63. The van der Waals surface area contributed by atoms with Crippen LogP contribution < -0.4 is 11.1 Å². The largest absolute Gasteiger partial charge is 0.330 e. The Morgan fingerprint density at radius 2 is 2.38 bits per heavy atom. The third-order valence-corrected chi connectivity index (χ3v) is 1.98. The molecule has 0 aromatic heterocycles. The highest BCUT2D eigenvalue weighted by atomic mass is 14.9. The Kier molecular flexibility index (Phi) is 1.86. The predicted octanol–water partition coefficient (Wildman–Crippen LogP) is -0.199. The van der Waals surface area contributed by atoms with Gasteiger partial charge in [0.05, 0.1) is 0 Å². The van der Waals surface area contributed by atoms with Gasteiger partial charge in [0.25, 0.3) is 0 Å². The molecule has 2 heteroatoms. The minimum atomic E-state index is 0.731. The van der Waals surface area contributed by atoms with Crippen molar-refractivity contribution in [2.45, 2.75) is 6.92 Å². The van der Waals surface area contributed by atoms with Crippen molar-refractivity contribution >= 4 is 0 Å². The van der Waals surface area contributed by atoms with Gasteiger partial charge < -0.3 is 11.1 Å². The number of hydrogen-bond acceptors (Lipinski definition) is 2. The van der Waals surface area contributed by atoms with Gasteiger partial charge in [0, 0.05) is 0 Å². The van der Waals surface area contributed by atoms with E-state index in [0.717, 1.165) is 31.5 Å². The summed E-state index contributed by atoms with van der Waals surface area (Å²) in [6.45, 7) is 5.37. The first-order valence-corrected chi connectivity index (χ1v) is 3.25. The van der Waals surface area contributed by atoms with E-state index >= 15 is 0 Å². The van der Waals surface area contributed by atoms with Crippen molar-refractivity contribution in [2.24, 2.45) is 17.6 Å². The van der Waals surface area contributed by atoms with Crippen LogP contribution in [0.15, 0.2) is 0 Å². The molecule has 0 amide bonds. The van der Waals surface area contributed by atoms with E-state index in [9.17, 15) is 0 Å². The van der Waals surface area contributed by atoms with Gasteiger partial charge in [-0.15, -0.1) is 0 Å². The van der Waals surface area contributed by atoms with E-state index in [4.69, 9.17) is 5.73 Å². The lowest BCUT2D eigenvalue weighted by Gasteiger charge is -2.08. The van der Waals surface area contributed by atoms with Crippen molar-refractivity contribution < 1.29 is 0 Å². The van der Waals surface area contributed by atoms with Gasteiger partial charge in [-0.05, 0) is 31.5 Å². The maximum absolute atomic E-state index is 5.48. The van der Waals surface area contributed by atoms with Gasteiger partial charge in [-0.2, -0.15) is 0 Å². The monoisotopic (exact) mass is 114 g/mol. The molecule has 0 radical (unpaired) electrons. The van der Waals surface area contributed by atoms with Crippen molar-refractivity contribution in [3.63, 3.8) is 0 Å². The zero-order valence-electron chi connectivity index (χ0n) is 5.35. The molecule has 0 aliphatic carbocycles. The minimum Gasteiger partial charge on any atom is -0.330 e. The van der Waals surface area contributed by atoms with E-state index in [1.807, 2.05) is 0 Å². The number of hydrogen-bond donors (Lipinski definition) is 2. The van der Waals surface area contributed by atoms with E-state index in [2.05, 4.69) is 12.2 Å². The lowest BCUT2D eigenvalue weighted by atomic mass is 9.99. The van der Waals surface area contributed by atoms with E-state index < -0.39 is 0 Å². The first-order chi connectivity index (χ1) is 3.84. The maximum atomic E-state index is 5.48. The minimum absolute atomic E-state index is 0.731. The smallest absolute Gasteiger partial charge is 0.000531 e. The molecule has 0 spiro atoms. The van der Waals surface area contributed by atoms with Crippen LogP contribution in [0.3, 0.4) is 0 Å². The average Bonchev–Trinajstić information content (AvgIpc) is 2.14. The number of nitrogens with one attached hydrogen (secondary N) is 1. The summed E-state index contributed by atoms with van der Waals surface area (Å²) in [5.74, 6) is 1.52. The highest BCUT2D eigenvalue weighted by Gasteiger charge is 2.20. The molecule has 2 unspecified atom stereocenters. The van der Waals surface area contributed by atoms with Crippen LogP contribution in [0.1, 0.15) is 6.92 Å². The molecule has 3 N–H and O–H groups in total. The summed E-state index contributed by atoms with van der Waals surface area (Å²) >= 11 is 0. The van der Waals surface area contributed by atoms with Crippen LogP contribution in [0.5, 0.6) is 0 Å². The first kappa shape index (κ1) is 6.05. The highest BCUT2D eigenvalue weighted by Crippen LogP contribution is 2.12. The predicted molar refractivity (Wildman–Crippen MR) is 34.6 cm³/mol. The van der Waals surface area contributed by atoms with Crippen LogP contribution in [-0.2, 0) is 0 Å². The van der Waals surface area contributed by atoms with Crippen LogP contribution in [0.4, 0.5) is 0 Å². The van der Waals surface area contributed by atoms with Crippen LogP contribution >= 0.6 is 0 Å². The Bertz CT molecular complexity index is 72.9. The van der Waals surface area contributed by atoms with Gasteiger partial charge >= 0.3 is 0 Å². The molecule has 0 aromatic carbocycles. The average molecular weight is 114 g/mol. The Morgan fingerprint density at radius 1 is 1.62 bits per heavy atom. The Balaban J connectivity index is 2.30. The molecule has 1 aliphatic heterocycles.